The van der Waals surface area contributed by atoms with Crippen LogP contribution in [0.25, 0.3) is 43.6 Å². The van der Waals surface area contributed by atoms with E-state index in [-0.39, 0.29) is 22.4 Å². The van der Waals surface area contributed by atoms with Gasteiger partial charge in [-0.25, -0.2) is 4.79 Å². The number of nitrogens with one attached hydrogen (secondary N) is 1. The molecule has 0 aliphatic rings. The van der Waals surface area contributed by atoms with Gasteiger partial charge in [0.1, 0.15) is 10.6 Å². The molecule has 5 nitrogen and oxygen atoms in total. The van der Waals surface area contributed by atoms with Crippen molar-refractivity contribution in [3.8, 4) is 39.1 Å². The number of aromatic nitrogens is 1. The molecule has 0 radical (unpaired) electrons. The van der Waals surface area contributed by atoms with Crippen molar-refractivity contribution < 1.29 is 15.0 Å². The molecule has 0 aliphatic heterocycles. The van der Waals surface area contributed by atoms with Crippen LogP contribution in [0.1, 0.15) is 10.4 Å². The van der Waals surface area contributed by atoms with Gasteiger partial charge < -0.3 is 15.2 Å². The van der Waals surface area contributed by atoms with E-state index in [9.17, 15) is 19.8 Å². The fraction of sp³-hybridized carbons (Fsp3) is 0. The van der Waals surface area contributed by atoms with E-state index in [4.69, 9.17) is 0 Å². The number of carbonyl (C=O) groups is 1. The van der Waals surface area contributed by atoms with Crippen LogP contribution in [0.15, 0.2) is 89.0 Å². The quantitative estimate of drug-likeness (QED) is 0.321. The Kier molecular flexibility index (Phi) is 4.84. The van der Waals surface area contributed by atoms with Crippen LogP contribution >= 0.6 is 11.3 Å². The Balaban J connectivity index is 1.73. The summed E-state index contributed by atoms with van der Waals surface area (Å²) in [5.74, 6) is -1.15. The fourth-order valence-corrected chi connectivity index (χ4v) is 4.89. The van der Waals surface area contributed by atoms with Crippen LogP contribution in [0.3, 0.4) is 0 Å². The summed E-state index contributed by atoms with van der Waals surface area (Å²) >= 11 is 1.29. The minimum atomic E-state index is -1.03. The molecule has 0 saturated heterocycles. The molecule has 2 aromatic heterocycles. The summed E-state index contributed by atoms with van der Waals surface area (Å²) in [7, 11) is 0. The molecule has 6 heteroatoms. The maximum absolute atomic E-state index is 12.7. The molecule has 0 spiro atoms. The zero-order chi connectivity index (χ0) is 22.2. The van der Waals surface area contributed by atoms with Crippen LogP contribution in [0.5, 0.6) is 5.75 Å². The maximum atomic E-state index is 12.7. The zero-order valence-corrected chi connectivity index (χ0v) is 17.5. The highest BCUT2D eigenvalue weighted by Crippen LogP contribution is 2.42. The van der Waals surface area contributed by atoms with E-state index in [1.165, 1.54) is 11.3 Å². The Morgan fingerprint density at radius 3 is 2.12 bits per heavy atom. The molecule has 3 N–H and O–H groups in total. The fourth-order valence-electron chi connectivity index (χ4n) is 3.93. The van der Waals surface area contributed by atoms with Gasteiger partial charge in [-0.05, 0) is 28.3 Å². The lowest BCUT2D eigenvalue weighted by atomic mass is 9.94. The number of hydrogen-bond donors (Lipinski definition) is 3. The Morgan fingerprint density at radius 2 is 1.47 bits per heavy atom. The van der Waals surface area contributed by atoms with Gasteiger partial charge in [-0.1, -0.05) is 72.8 Å². The molecule has 5 rings (SSSR count). The number of aromatic amines is 1. The van der Waals surface area contributed by atoms with Crippen molar-refractivity contribution in [2.75, 3.05) is 0 Å². The smallest absolute Gasteiger partial charge is 0.336 e. The van der Waals surface area contributed by atoms with Gasteiger partial charge in [0, 0.05) is 10.9 Å². The molecule has 0 amide bonds. The monoisotopic (exact) mass is 439 g/mol. The van der Waals surface area contributed by atoms with E-state index in [2.05, 4.69) is 4.98 Å². The average molecular weight is 439 g/mol. The summed E-state index contributed by atoms with van der Waals surface area (Å²) in [4.78, 5) is 28.1. The van der Waals surface area contributed by atoms with Crippen molar-refractivity contribution in [2.45, 2.75) is 0 Å². The molecule has 0 bridgehead atoms. The first kappa shape index (κ1) is 19.8. The van der Waals surface area contributed by atoms with E-state index < -0.39 is 5.97 Å². The van der Waals surface area contributed by atoms with Crippen molar-refractivity contribution >= 4 is 27.5 Å². The van der Waals surface area contributed by atoms with Gasteiger partial charge in [0.15, 0.2) is 0 Å². The number of aromatic hydroxyl groups is 1. The van der Waals surface area contributed by atoms with Crippen LogP contribution in [-0.2, 0) is 0 Å². The standard InChI is InChI=1S/C26H17NO4S/c28-23-21(16-9-5-2-6-10-16)24(29)27-25-22(23)20(14-32-25)17-11-12-18(19(13-17)26(30)31)15-7-3-1-4-8-15/h1-14H,(H,30,31)(H2,27,28,29). The van der Waals surface area contributed by atoms with E-state index in [0.717, 1.165) is 5.56 Å². The molecular formula is C26H17NO4S. The number of benzene rings is 3. The first-order valence-electron chi connectivity index (χ1n) is 9.89. The van der Waals surface area contributed by atoms with Crippen molar-refractivity contribution in [3.05, 3.63) is 100 Å². The van der Waals surface area contributed by atoms with Gasteiger partial charge in [-0.3, -0.25) is 4.79 Å². The van der Waals surface area contributed by atoms with Crippen LogP contribution in [0.4, 0.5) is 0 Å². The summed E-state index contributed by atoms with van der Waals surface area (Å²) in [5, 5.41) is 23.3. The Morgan fingerprint density at radius 1 is 0.812 bits per heavy atom. The molecule has 32 heavy (non-hydrogen) atoms. The molecule has 0 fully saturated rings. The molecule has 2 heterocycles. The van der Waals surface area contributed by atoms with Gasteiger partial charge in [0.05, 0.1) is 16.5 Å². The van der Waals surface area contributed by atoms with E-state index in [1.807, 2.05) is 47.8 Å². The third kappa shape index (κ3) is 3.27. The van der Waals surface area contributed by atoms with E-state index >= 15 is 0 Å². The summed E-state index contributed by atoms with van der Waals surface area (Å²) in [6.07, 6.45) is 0. The molecule has 3 aromatic carbocycles. The molecule has 0 unspecified atom stereocenters. The average Bonchev–Trinajstić information content (AvgIpc) is 3.24. The van der Waals surface area contributed by atoms with Gasteiger partial charge >= 0.3 is 5.97 Å². The number of H-pyrrole nitrogens is 1. The van der Waals surface area contributed by atoms with Gasteiger partial charge in [0.25, 0.3) is 5.56 Å². The molecular weight excluding hydrogens is 422 g/mol. The Labute approximate surface area is 186 Å². The number of hydrogen-bond acceptors (Lipinski definition) is 4. The maximum Gasteiger partial charge on any atom is 0.336 e. The van der Waals surface area contributed by atoms with Gasteiger partial charge in [0.2, 0.25) is 0 Å². The van der Waals surface area contributed by atoms with Gasteiger partial charge in [-0.2, -0.15) is 0 Å². The SMILES string of the molecule is O=C(O)c1cc(-c2csc3[nH]c(=O)c(-c4ccccc4)c(O)c23)ccc1-c1ccccc1. The van der Waals surface area contributed by atoms with Crippen molar-refractivity contribution in [1.29, 1.82) is 0 Å². The van der Waals surface area contributed by atoms with Crippen LogP contribution in [0.2, 0.25) is 0 Å². The number of carboxylic acid groups (broad SMARTS) is 1. The molecule has 0 atom stereocenters. The van der Waals surface area contributed by atoms with E-state index in [0.29, 0.717) is 32.5 Å². The summed E-state index contributed by atoms with van der Waals surface area (Å²) in [6.45, 7) is 0. The number of pyridine rings is 1. The highest BCUT2D eigenvalue weighted by Gasteiger charge is 2.20. The number of fused-ring (bicyclic) bond motifs is 1. The lowest BCUT2D eigenvalue weighted by Gasteiger charge is -2.10. The zero-order valence-electron chi connectivity index (χ0n) is 16.7. The topological polar surface area (TPSA) is 90.4 Å². The summed E-state index contributed by atoms with van der Waals surface area (Å²) in [5.41, 5.74) is 3.33. The second kappa shape index (κ2) is 7.83. The number of thiophene rings is 1. The number of aromatic carboxylic acids is 1. The van der Waals surface area contributed by atoms with Crippen LogP contribution < -0.4 is 5.56 Å². The minimum Gasteiger partial charge on any atom is -0.506 e. The second-order valence-electron chi connectivity index (χ2n) is 7.33. The van der Waals surface area contributed by atoms with Crippen LogP contribution in [-0.4, -0.2) is 21.2 Å². The Hall–Kier alpha value is -4.16. The largest absolute Gasteiger partial charge is 0.506 e. The number of rotatable bonds is 4. The van der Waals surface area contributed by atoms with Crippen LogP contribution in [0, 0.1) is 0 Å². The van der Waals surface area contributed by atoms with E-state index in [1.54, 1.807) is 36.4 Å². The second-order valence-corrected chi connectivity index (χ2v) is 8.21. The molecule has 156 valence electrons. The predicted octanol–water partition coefficient (Wildman–Crippen LogP) is 5.99. The van der Waals surface area contributed by atoms with Crippen molar-refractivity contribution in [2.24, 2.45) is 0 Å². The third-order valence-corrected chi connectivity index (χ3v) is 6.32. The summed E-state index contributed by atoms with van der Waals surface area (Å²) < 4.78 is 0. The highest BCUT2D eigenvalue weighted by molar-refractivity contribution is 7.17. The van der Waals surface area contributed by atoms with Crippen molar-refractivity contribution in [3.63, 3.8) is 0 Å². The lowest BCUT2D eigenvalue weighted by molar-refractivity contribution is 0.0697. The number of carboxylic acids is 1. The summed E-state index contributed by atoms with van der Waals surface area (Å²) in [6, 6.07) is 23.5. The third-order valence-electron chi connectivity index (χ3n) is 5.43. The van der Waals surface area contributed by atoms with Gasteiger partial charge in [-0.15, -0.1) is 11.3 Å². The predicted molar refractivity (Wildman–Crippen MR) is 127 cm³/mol. The Bertz CT molecular complexity index is 1520. The first-order chi connectivity index (χ1) is 15.5. The van der Waals surface area contributed by atoms with Crippen molar-refractivity contribution in [1.82, 2.24) is 4.98 Å². The molecule has 0 aliphatic carbocycles. The normalized spacial score (nSPS) is 11.0. The molecule has 5 aromatic rings. The molecule has 0 saturated carbocycles. The lowest BCUT2D eigenvalue weighted by Crippen LogP contribution is -2.08. The first-order valence-corrected chi connectivity index (χ1v) is 10.8. The minimum absolute atomic E-state index is 0.116. The highest BCUT2D eigenvalue weighted by atomic mass is 32.1.